The van der Waals surface area contributed by atoms with Gasteiger partial charge in [0, 0.05) is 0 Å². The van der Waals surface area contributed by atoms with Crippen LogP contribution >= 0.6 is 0 Å². The van der Waals surface area contributed by atoms with Gasteiger partial charge < -0.3 is 10.1 Å². The Balaban J connectivity index is 2.46. The van der Waals surface area contributed by atoms with Crippen molar-refractivity contribution in [3.63, 3.8) is 0 Å². The first kappa shape index (κ1) is 16.0. The van der Waals surface area contributed by atoms with Gasteiger partial charge in [-0.2, -0.15) is 0 Å². The van der Waals surface area contributed by atoms with E-state index in [1.807, 2.05) is 19.9 Å². The SMILES string of the molecule is CCC1(c2ccc(OC)c(C)c2)NC(=O)N(CC(C)=O)C1=O. The molecular formula is C16H20N2O4. The number of carbonyl (C=O) groups is 3. The second-order valence-corrected chi connectivity index (χ2v) is 5.47. The van der Waals surface area contributed by atoms with Gasteiger partial charge >= 0.3 is 6.03 Å². The number of ketones is 1. The highest BCUT2D eigenvalue weighted by molar-refractivity contribution is 6.09. The van der Waals surface area contributed by atoms with Crippen molar-refractivity contribution in [3.8, 4) is 5.75 Å². The van der Waals surface area contributed by atoms with Crippen molar-refractivity contribution >= 4 is 17.7 Å². The average molecular weight is 304 g/mol. The molecule has 118 valence electrons. The van der Waals surface area contributed by atoms with Crippen molar-refractivity contribution < 1.29 is 19.1 Å². The third-order valence-corrected chi connectivity index (χ3v) is 3.97. The summed E-state index contributed by atoms with van der Waals surface area (Å²) < 4.78 is 5.22. The van der Waals surface area contributed by atoms with E-state index in [0.29, 0.717) is 17.7 Å². The maximum atomic E-state index is 12.7. The Labute approximate surface area is 129 Å². The smallest absolute Gasteiger partial charge is 0.325 e. The minimum atomic E-state index is -1.12. The lowest BCUT2D eigenvalue weighted by atomic mass is 9.86. The minimum Gasteiger partial charge on any atom is -0.496 e. The van der Waals surface area contributed by atoms with Crippen LogP contribution in [0, 0.1) is 6.92 Å². The van der Waals surface area contributed by atoms with E-state index in [9.17, 15) is 14.4 Å². The monoisotopic (exact) mass is 304 g/mol. The third-order valence-electron chi connectivity index (χ3n) is 3.97. The van der Waals surface area contributed by atoms with E-state index in [-0.39, 0.29) is 18.2 Å². The van der Waals surface area contributed by atoms with Gasteiger partial charge in [0.2, 0.25) is 0 Å². The normalized spacial score (nSPS) is 21.0. The molecule has 0 saturated carbocycles. The number of amides is 3. The molecule has 0 aromatic heterocycles. The van der Waals surface area contributed by atoms with Crippen LogP contribution in [-0.2, 0) is 15.1 Å². The molecular weight excluding hydrogens is 284 g/mol. The molecule has 3 amide bonds. The van der Waals surface area contributed by atoms with Crippen LogP contribution in [-0.4, -0.2) is 36.3 Å². The highest BCUT2D eigenvalue weighted by atomic mass is 16.5. The van der Waals surface area contributed by atoms with Gasteiger partial charge in [0.1, 0.15) is 17.1 Å². The van der Waals surface area contributed by atoms with Gasteiger partial charge in [-0.05, 0) is 43.5 Å². The maximum Gasteiger partial charge on any atom is 0.325 e. The number of hydrogen-bond donors (Lipinski definition) is 1. The van der Waals surface area contributed by atoms with Crippen molar-refractivity contribution in [1.82, 2.24) is 10.2 Å². The van der Waals surface area contributed by atoms with E-state index in [1.165, 1.54) is 6.92 Å². The number of aryl methyl sites for hydroxylation is 1. The highest BCUT2D eigenvalue weighted by Gasteiger charge is 2.51. The zero-order valence-electron chi connectivity index (χ0n) is 13.2. The van der Waals surface area contributed by atoms with Gasteiger partial charge in [-0.25, -0.2) is 4.79 Å². The van der Waals surface area contributed by atoms with Crippen molar-refractivity contribution in [1.29, 1.82) is 0 Å². The zero-order chi connectivity index (χ0) is 16.5. The highest BCUT2D eigenvalue weighted by Crippen LogP contribution is 2.34. The van der Waals surface area contributed by atoms with Gasteiger partial charge in [0.05, 0.1) is 13.7 Å². The topological polar surface area (TPSA) is 75.7 Å². The first-order chi connectivity index (χ1) is 10.4. The van der Waals surface area contributed by atoms with Crippen molar-refractivity contribution in [2.75, 3.05) is 13.7 Å². The molecule has 2 rings (SSSR count). The van der Waals surface area contributed by atoms with Gasteiger partial charge in [-0.1, -0.05) is 13.0 Å². The lowest BCUT2D eigenvalue weighted by Gasteiger charge is -2.26. The first-order valence-electron chi connectivity index (χ1n) is 7.14. The lowest BCUT2D eigenvalue weighted by Crippen LogP contribution is -2.43. The molecule has 0 spiro atoms. The van der Waals surface area contributed by atoms with Crippen LogP contribution in [0.2, 0.25) is 0 Å². The maximum absolute atomic E-state index is 12.7. The quantitative estimate of drug-likeness (QED) is 0.841. The summed E-state index contributed by atoms with van der Waals surface area (Å²) in [4.78, 5) is 37.1. The summed E-state index contributed by atoms with van der Waals surface area (Å²) in [6, 6.07) is 4.84. The Kier molecular flexibility index (Phi) is 4.21. The number of nitrogens with zero attached hydrogens (tertiary/aromatic N) is 1. The Morgan fingerprint density at radius 1 is 1.36 bits per heavy atom. The van der Waals surface area contributed by atoms with E-state index in [4.69, 9.17) is 4.74 Å². The van der Waals surface area contributed by atoms with Gasteiger partial charge in [-0.15, -0.1) is 0 Å². The lowest BCUT2D eigenvalue weighted by molar-refractivity contribution is -0.134. The summed E-state index contributed by atoms with van der Waals surface area (Å²) in [7, 11) is 1.58. The number of urea groups is 1. The summed E-state index contributed by atoms with van der Waals surface area (Å²) in [6.45, 7) is 4.85. The second kappa shape index (κ2) is 5.79. The molecule has 6 nitrogen and oxygen atoms in total. The number of carbonyl (C=O) groups excluding carboxylic acids is 3. The average Bonchev–Trinajstić information content (AvgIpc) is 2.72. The van der Waals surface area contributed by atoms with E-state index in [0.717, 1.165) is 10.5 Å². The van der Waals surface area contributed by atoms with Crippen LogP contribution in [0.3, 0.4) is 0 Å². The van der Waals surface area contributed by atoms with Gasteiger partial charge in [0.25, 0.3) is 5.91 Å². The standard InChI is InChI=1S/C16H20N2O4/c1-5-16(12-6-7-13(22-4)10(2)8-12)14(20)18(9-11(3)19)15(21)17-16/h6-8H,5,9H2,1-4H3,(H,17,21). The summed E-state index contributed by atoms with van der Waals surface area (Å²) >= 11 is 0. The molecule has 1 aromatic rings. The fourth-order valence-corrected chi connectivity index (χ4v) is 2.78. The molecule has 0 radical (unpaired) electrons. The van der Waals surface area contributed by atoms with Crippen LogP contribution in [0.15, 0.2) is 18.2 Å². The second-order valence-electron chi connectivity index (χ2n) is 5.47. The molecule has 6 heteroatoms. The Morgan fingerprint density at radius 2 is 2.05 bits per heavy atom. The first-order valence-corrected chi connectivity index (χ1v) is 7.14. The molecule has 1 N–H and O–H groups in total. The van der Waals surface area contributed by atoms with Crippen LogP contribution < -0.4 is 10.1 Å². The molecule has 1 heterocycles. The van der Waals surface area contributed by atoms with Crippen molar-refractivity contribution in [2.24, 2.45) is 0 Å². The van der Waals surface area contributed by atoms with Crippen LogP contribution in [0.1, 0.15) is 31.4 Å². The predicted octanol–water partition coefficient (Wildman–Crippen LogP) is 1.75. The largest absolute Gasteiger partial charge is 0.496 e. The van der Waals surface area contributed by atoms with E-state index in [2.05, 4.69) is 5.32 Å². The summed E-state index contributed by atoms with van der Waals surface area (Å²) in [5, 5.41) is 2.75. The number of methoxy groups -OCH3 is 1. The molecule has 22 heavy (non-hydrogen) atoms. The molecule has 0 aliphatic carbocycles. The number of nitrogens with one attached hydrogen (secondary N) is 1. The fourth-order valence-electron chi connectivity index (χ4n) is 2.78. The van der Waals surface area contributed by atoms with E-state index >= 15 is 0 Å². The number of Topliss-reactive ketones (excluding diaryl/α,β-unsaturated/α-hetero) is 1. The Morgan fingerprint density at radius 3 is 2.55 bits per heavy atom. The van der Waals surface area contributed by atoms with Crippen LogP contribution in [0.4, 0.5) is 4.79 Å². The van der Waals surface area contributed by atoms with Crippen molar-refractivity contribution in [2.45, 2.75) is 32.7 Å². The fraction of sp³-hybridized carbons (Fsp3) is 0.438. The molecule has 1 aromatic carbocycles. The van der Waals surface area contributed by atoms with E-state index < -0.39 is 11.6 Å². The zero-order valence-corrected chi connectivity index (χ0v) is 13.2. The number of benzene rings is 1. The number of rotatable bonds is 5. The van der Waals surface area contributed by atoms with Crippen molar-refractivity contribution in [3.05, 3.63) is 29.3 Å². The number of hydrogen-bond acceptors (Lipinski definition) is 4. The van der Waals surface area contributed by atoms with Gasteiger partial charge in [0.15, 0.2) is 0 Å². The molecule has 1 unspecified atom stereocenters. The molecule has 1 aliphatic rings. The number of imide groups is 1. The molecule has 0 bridgehead atoms. The number of ether oxygens (including phenoxy) is 1. The Bertz CT molecular complexity index is 641. The molecule has 1 atom stereocenters. The van der Waals surface area contributed by atoms with E-state index in [1.54, 1.807) is 19.2 Å². The van der Waals surface area contributed by atoms with Crippen LogP contribution in [0.25, 0.3) is 0 Å². The summed E-state index contributed by atoms with van der Waals surface area (Å²) in [6.07, 6.45) is 0.401. The van der Waals surface area contributed by atoms with Crippen LogP contribution in [0.5, 0.6) is 5.75 Å². The summed E-state index contributed by atoms with van der Waals surface area (Å²) in [5.74, 6) is 0.0912. The third kappa shape index (κ3) is 2.45. The predicted molar refractivity (Wildman–Crippen MR) is 80.6 cm³/mol. The molecule has 1 aliphatic heterocycles. The molecule has 1 fully saturated rings. The molecule has 1 saturated heterocycles. The van der Waals surface area contributed by atoms with Gasteiger partial charge in [-0.3, -0.25) is 14.5 Å². The minimum absolute atomic E-state index is 0.207. The summed E-state index contributed by atoms with van der Waals surface area (Å²) in [5.41, 5.74) is 0.446. The Hall–Kier alpha value is -2.37.